The van der Waals surface area contributed by atoms with E-state index in [1.807, 2.05) is 48.5 Å². The molecule has 0 aliphatic rings. The maximum Gasteiger partial charge on any atom is 0.416 e. The number of ether oxygens (including phenoxy) is 1. The lowest BCUT2D eigenvalue weighted by atomic mass is 10.00. The molecule has 3 aromatic carbocycles. The standard InChI is InChI=1S/C26H20F3NO3/c27-26(28,29)22-10-5-17(6-11-22)16-33-25-23(13-18(15-30-25)7-12-24(31)32)21-9-8-19-3-1-2-4-20(19)14-21/h1-6,8-11,13-15H,7,12,16H2,(H,31,32). The third-order valence-corrected chi connectivity index (χ3v) is 5.25. The minimum absolute atomic E-state index is 0.0232. The van der Waals surface area contributed by atoms with Gasteiger partial charge in [0.1, 0.15) is 6.61 Å². The fourth-order valence-electron chi connectivity index (χ4n) is 3.50. The van der Waals surface area contributed by atoms with E-state index >= 15 is 0 Å². The number of aliphatic carboxylic acids is 1. The highest BCUT2D eigenvalue weighted by Crippen LogP contribution is 2.33. The first-order valence-corrected chi connectivity index (χ1v) is 10.3. The van der Waals surface area contributed by atoms with Gasteiger partial charge < -0.3 is 9.84 Å². The van der Waals surface area contributed by atoms with Crippen LogP contribution in [0.1, 0.15) is 23.1 Å². The van der Waals surface area contributed by atoms with Gasteiger partial charge in [-0.1, -0.05) is 48.5 Å². The van der Waals surface area contributed by atoms with E-state index < -0.39 is 17.7 Å². The van der Waals surface area contributed by atoms with Crippen molar-refractivity contribution in [1.82, 2.24) is 4.98 Å². The maximum absolute atomic E-state index is 12.8. The van der Waals surface area contributed by atoms with E-state index in [4.69, 9.17) is 9.84 Å². The first kappa shape index (κ1) is 22.3. The molecule has 0 unspecified atom stereocenters. The largest absolute Gasteiger partial charge is 0.481 e. The number of fused-ring (bicyclic) bond motifs is 1. The molecule has 4 nitrogen and oxygen atoms in total. The van der Waals surface area contributed by atoms with Crippen molar-refractivity contribution in [3.63, 3.8) is 0 Å². The van der Waals surface area contributed by atoms with Gasteiger partial charge in [0.25, 0.3) is 0 Å². The quantitative estimate of drug-likeness (QED) is 0.348. The second kappa shape index (κ2) is 9.32. The molecular formula is C26H20F3NO3. The molecule has 4 aromatic rings. The summed E-state index contributed by atoms with van der Waals surface area (Å²) >= 11 is 0. The Hall–Kier alpha value is -3.87. The number of alkyl halides is 3. The fourth-order valence-corrected chi connectivity index (χ4v) is 3.50. The summed E-state index contributed by atoms with van der Waals surface area (Å²) in [7, 11) is 0. The topological polar surface area (TPSA) is 59.4 Å². The number of halogens is 3. The van der Waals surface area contributed by atoms with Crippen molar-refractivity contribution in [3.8, 4) is 17.0 Å². The van der Waals surface area contributed by atoms with Crippen LogP contribution in [-0.4, -0.2) is 16.1 Å². The van der Waals surface area contributed by atoms with Crippen LogP contribution in [0.2, 0.25) is 0 Å². The van der Waals surface area contributed by atoms with Crippen LogP contribution in [0.15, 0.2) is 79.0 Å². The second-order valence-corrected chi connectivity index (χ2v) is 7.64. The zero-order valence-electron chi connectivity index (χ0n) is 17.5. The summed E-state index contributed by atoms with van der Waals surface area (Å²) in [5.74, 6) is -0.575. The summed E-state index contributed by atoms with van der Waals surface area (Å²) in [6, 6.07) is 20.4. The molecule has 1 N–H and O–H groups in total. The third-order valence-electron chi connectivity index (χ3n) is 5.25. The molecule has 33 heavy (non-hydrogen) atoms. The number of carboxylic acid groups (broad SMARTS) is 1. The van der Waals surface area contributed by atoms with Crippen molar-refractivity contribution in [1.29, 1.82) is 0 Å². The van der Waals surface area contributed by atoms with Crippen LogP contribution in [0.5, 0.6) is 5.88 Å². The molecule has 0 radical (unpaired) electrons. The monoisotopic (exact) mass is 451 g/mol. The third kappa shape index (κ3) is 5.49. The molecule has 0 fully saturated rings. The van der Waals surface area contributed by atoms with Gasteiger partial charge in [-0.3, -0.25) is 4.79 Å². The van der Waals surface area contributed by atoms with Crippen molar-refractivity contribution in [2.45, 2.75) is 25.6 Å². The van der Waals surface area contributed by atoms with Crippen molar-refractivity contribution in [2.24, 2.45) is 0 Å². The highest BCUT2D eigenvalue weighted by atomic mass is 19.4. The molecule has 1 heterocycles. The summed E-state index contributed by atoms with van der Waals surface area (Å²) in [4.78, 5) is 15.4. The number of benzene rings is 3. The predicted molar refractivity (Wildman–Crippen MR) is 119 cm³/mol. The van der Waals surface area contributed by atoms with Crippen molar-refractivity contribution < 1.29 is 27.8 Å². The van der Waals surface area contributed by atoms with Crippen LogP contribution in [0.4, 0.5) is 13.2 Å². The molecular weight excluding hydrogens is 431 g/mol. The van der Waals surface area contributed by atoms with E-state index in [9.17, 15) is 18.0 Å². The molecule has 0 amide bonds. The molecule has 7 heteroatoms. The number of aryl methyl sites for hydroxylation is 1. The lowest BCUT2D eigenvalue weighted by molar-refractivity contribution is -0.138. The van der Waals surface area contributed by atoms with Crippen LogP contribution >= 0.6 is 0 Å². The van der Waals surface area contributed by atoms with Gasteiger partial charge in [0.15, 0.2) is 0 Å². The van der Waals surface area contributed by atoms with Gasteiger partial charge >= 0.3 is 12.1 Å². The van der Waals surface area contributed by atoms with E-state index in [0.29, 0.717) is 23.4 Å². The van der Waals surface area contributed by atoms with E-state index in [2.05, 4.69) is 4.98 Å². The lowest BCUT2D eigenvalue weighted by Crippen LogP contribution is -2.05. The zero-order valence-corrected chi connectivity index (χ0v) is 17.5. The van der Waals surface area contributed by atoms with E-state index in [-0.39, 0.29) is 13.0 Å². The molecule has 0 aliphatic carbocycles. The molecule has 0 spiro atoms. The molecule has 0 saturated carbocycles. The number of carbonyl (C=O) groups is 1. The SMILES string of the molecule is O=C(O)CCc1cnc(OCc2ccc(C(F)(F)F)cc2)c(-c2ccc3ccccc3c2)c1. The van der Waals surface area contributed by atoms with Crippen LogP contribution in [0, 0.1) is 0 Å². The van der Waals surface area contributed by atoms with Crippen LogP contribution in [0.25, 0.3) is 21.9 Å². The van der Waals surface area contributed by atoms with Gasteiger partial charge in [-0.15, -0.1) is 0 Å². The number of hydrogen-bond donors (Lipinski definition) is 1. The van der Waals surface area contributed by atoms with Crippen LogP contribution in [0.3, 0.4) is 0 Å². The predicted octanol–water partition coefficient (Wildman–Crippen LogP) is 6.52. The Balaban J connectivity index is 1.64. The number of carboxylic acids is 1. The average Bonchev–Trinajstić information content (AvgIpc) is 2.81. The molecule has 0 saturated heterocycles. The van der Waals surface area contributed by atoms with Gasteiger partial charge in [0.2, 0.25) is 5.88 Å². The Morgan fingerprint density at radius 3 is 2.33 bits per heavy atom. The number of nitrogens with zero attached hydrogens (tertiary/aromatic N) is 1. The van der Waals surface area contributed by atoms with Gasteiger partial charge in [0, 0.05) is 18.2 Å². The number of aromatic nitrogens is 1. The molecule has 1 aromatic heterocycles. The van der Waals surface area contributed by atoms with Gasteiger partial charge in [0.05, 0.1) is 5.56 Å². The Morgan fingerprint density at radius 2 is 1.64 bits per heavy atom. The fraction of sp³-hybridized carbons (Fsp3) is 0.154. The van der Waals surface area contributed by atoms with Crippen molar-refractivity contribution in [3.05, 3.63) is 95.7 Å². The number of pyridine rings is 1. The Bertz CT molecular complexity index is 1280. The second-order valence-electron chi connectivity index (χ2n) is 7.64. The van der Waals surface area contributed by atoms with Crippen molar-refractivity contribution >= 4 is 16.7 Å². The summed E-state index contributed by atoms with van der Waals surface area (Å²) in [6.07, 6.45) is -2.53. The molecule has 168 valence electrons. The minimum atomic E-state index is -4.39. The first-order valence-electron chi connectivity index (χ1n) is 10.3. The Morgan fingerprint density at radius 1 is 0.909 bits per heavy atom. The molecule has 0 bridgehead atoms. The molecule has 0 atom stereocenters. The highest BCUT2D eigenvalue weighted by molar-refractivity contribution is 5.88. The summed E-state index contributed by atoms with van der Waals surface area (Å²) in [5.41, 5.74) is 2.15. The normalized spacial score (nSPS) is 11.5. The highest BCUT2D eigenvalue weighted by Gasteiger charge is 2.29. The Kier molecular flexibility index (Phi) is 6.31. The van der Waals surface area contributed by atoms with E-state index in [1.54, 1.807) is 6.20 Å². The maximum atomic E-state index is 12.8. The molecule has 0 aliphatic heterocycles. The lowest BCUT2D eigenvalue weighted by Gasteiger charge is -2.14. The zero-order chi connectivity index (χ0) is 23.4. The summed E-state index contributed by atoms with van der Waals surface area (Å²) in [5, 5.41) is 11.1. The van der Waals surface area contributed by atoms with Gasteiger partial charge in [-0.05, 0) is 58.1 Å². The summed E-state index contributed by atoms with van der Waals surface area (Å²) in [6.45, 7) is 0.0419. The number of hydrogen-bond acceptors (Lipinski definition) is 3. The first-order chi connectivity index (χ1) is 15.8. The van der Waals surface area contributed by atoms with Crippen LogP contribution in [-0.2, 0) is 24.0 Å². The van der Waals surface area contributed by atoms with Gasteiger partial charge in [-0.2, -0.15) is 13.2 Å². The van der Waals surface area contributed by atoms with Gasteiger partial charge in [-0.25, -0.2) is 4.98 Å². The Labute approximate surface area is 188 Å². The van der Waals surface area contributed by atoms with Crippen LogP contribution < -0.4 is 4.74 Å². The smallest absolute Gasteiger partial charge is 0.416 e. The minimum Gasteiger partial charge on any atom is -0.481 e. The van der Waals surface area contributed by atoms with Crippen molar-refractivity contribution in [2.75, 3.05) is 0 Å². The summed E-state index contributed by atoms with van der Waals surface area (Å²) < 4.78 is 44.3. The molecule has 4 rings (SSSR count). The van der Waals surface area contributed by atoms with E-state index in [1.165, 1.54) is 12.1 Å². The number of rotatable bonds is 7. The van der Waals surface area contributed by atoms with E-state index in [0.717, 1.165) is 34.0 Å². The average molecular weight is 451 g/mol.